The van der Waals surface area contributed by atoms with Crippen molar-refractivity contribution in [3.05, 3.63) is 24.3 Å². The number of hydrogen-bond donors (Lipinski definition) is 1. The van der Waals surface area contributed by atoms with Crippen molar-refractivity contribution in [2.75, 3.05) is 25.0 Å². The number of likely N-dealkylation sites (tertiary alicyclic amines) is 1. The van der Waals surface area contributed by atoms with Crippen LogP contribution in [-0.2, 0) is 11.8 Å². The number of aromatic nitrogens is 4. The van der Waals surface area contributed by atoms with E-state index in [9.17, 15) is 4.79 Å². The fourth-order valence-electron chi connectivity index (χ4n) is 3.29. The van der Waals surface area contributed by atoms with E-state index in [1.807, 2.05) is 34.7 Å². The number of nitrogens with one attached hydrogen (secondary N) is 1. The number of hydrogen-bond acceptors (Lipinski definition) is 5. The van der Waals surface area contributed by atoms with Crippen molar-refractivity contribution in [1.82, 2.24) is 24.6 Å². The molecule has 0 aliphatic carbocycles. The molecule has 0 bridgehead atoms. The van der Waals surface area contributed by atoms with Crippen LogP contribution >= 0.6 is 0 Å². The second-order valence-corrected chi connectivity index (χ2v) is 6.15. The van der Waals surface area contributed by atoms with Crippen LogP contribution in [0.5, 0.6) is 0 Å². The van der Waals surface area contributed by atoms with Gasteiger partial charge in [-0.05, 0) is 18.9 Å². The maximum atomic E-state index is 11.6. The van der Waals surface area contributed by atoms with E-state index in [0.29, 0.717) is 12.4 Å². The number of para-hydroxylation sites is 1. The van der Waals surface area contributed by atoms with Crippen LogP contribution in [0.3, 0.4) is 0 Å². The standard InChI is InChI=1S/C17H20N6O/c1-22-13-7-3-2-6-12(13)15-16(22)19-17(21-20-15)18-9-5-11-23-10-4-8-14(23)24/h2-3,6-7H,4-5,8-11H2,1H3,(H,18,19,21). The van der Waals surface area contributed by atoms with Gasteiger partial charge in [0.1, 0.15) is 5.52 Å². The zero-order valence-electron chi connectivity index (χ0n) is 13.7. The van der Waals surface area contributed by atoms with E-state index in [1.165, 1.54) is 0 Å². The number of fused-ring (bicyclic) bond motifs is 3. The van der Waals surface area contributed by atoms with E-state index >= 15 is 0 Å². The molecule has 3 heterocycles. The third kappa shape index (κ3) is 2.55. The molecule has 0 saturated carbocycles. The van der Waals surface area contributed by atoms with Crippen LogP contribution < -0.4 is 5.32 Å². The zero-order valence-corrected chi connectivity index (χ0v) is 13.7. The second-order valence-electron chi connectivity index (χ2n) is 6.15. The number of aryl methyl sites for hydroxylation is 1. The smallest absolute Gasteiger partial charge is 0.244 e. The van der Waals surface area contributed by atoms with Gasteiger partial charge in [0, 0.05) is 38.5 Å². The molecular formula is C17H20N6O. The summed E-state index contributed by atoms with van der Waals surface area (Å²) in [4.78, 5) is 18.1. The largest absolute Gasteiger partial charge is 0.353 e. The summed E-state index contributed by atoms with van der Waals surface area (Å²) in [7, 11) is 1.99. The summed E-state index contributed by atoms with van der Waals surface area (Å²) in [6, 6.07) is 8.09. The molecule has 124 valence electrons. The van der Waals surface area contributed by atoms with Crippen molar-refractivity contribution in [2.45, 2.75) is 19.3 Å². The molecule has 0 unspecified atom stereocenters. The van der Waals surface area contributed by atoms with Gasteiger partial charge in [-0.15, -0.1) is 10.2 Å². The highest BCUT2D eigenvalue weighted by atomic mass is 16.2. The maximum absolute atomic E-state index is 11.6. The van der Waals surface area contributed by atoms with Gasteiger partial charge in [0.05, 0.1) is 5.52 Å². The lowest BCUT2D eigenvalue weighted by Crippen LogP contribution is -2.27. The molecule has 1 amide bonds. The molecule has 3 aromatic rings. The molecule has 1 saturated heterocycles. The van der Waals surface area contributed by atoms with Crippen molar-refractivity contribution >= 4 is 33.9 Å². The first kappa shape index (κ1) is 14.9. The Hall–Kier alpha value is -2.70. The van der Waals surface area contributed by atoms with E-state index in [2.05, 4.69) is 26.6 Å². The summed E-state index contributed by atoms with van der Waals surface area (Å²) in [6.07, 6.45) is 2.55. The van der Waals surface area contributed by atoms with E-state index < -0.39 is 0 Å². The first-order valence-electron chi connectivity index (χ1n) is 8.33. The first-order chi connectivity index (χ1) is 11.7. The van der Waals surface area contributed by atoms with Crippen LogP contribution in [0, 0.1) is 0 Å². The Kier molecular flexibility index (Phi) is 3.76. The van der Waals surface area contributed by atoms with Crippen LogP contribution in [0.15, 0.2) is 24.3 Å². The minimum Gasteiger partial charge on any atom is -0.353 e. The summed E-state index contributed by atoms with van der Waals surface area (Å²) < 4.78 is 2.04. The lowest BCUT2D eigenvalue weighted by molar-refractivity contribution is -0.127. The second kappa shape index (κ2) is 6.07. The van der Waals surface area contributed by atoms with Crippen molar-refractivity contribution in [3.63, 3.8) is 0 Å². The number of amides is 1. The number of nitrogens with zero attached hydrogens (tertiary/aromatic N) is 5. The van der Waals surface area contributed by atoms with Crippen LogP contribution in [-0.4, -0.2) is 50.2 Å². The molecule has 0 atom stereocenters. The summed E-state index contributed by atoms with van der Waals surface area (Å²) in [6.45, 7) is 2.40. The third-order valence-corrected chi connectivity index (χ3v) is 4.57. The topological polar surface area (TPSA) is 75.9 Å². The lowest BCUT2D eigenvalue weighted by Gasteiger charge is -2.15. The number of rotatable bonds is 5. The highest BCUT2D eigenvalue weighted by Crippen LogP contribution is 2.24. The van der Waals surface area contributed by atoms with Gasteiger partial charge in [0.2, 0.25) is 11.9 Å². The van der Waals surface area contributed by atoms with Crippen LogP contribution in [0.4, 0.5) is 5.95 Å². The van der Waals surface area contributed by atoms with Gasteiger partial charge in [-0.2, -0.15) is 4.98 Å². The highest BCUT2D eigenvalue weighted by Gasteiger charge is 2.19. The SMILES string of the molecule is Cn1c2ccccc2c2nnc(NCCCN3CCCC3=O)nc21. The van der Waals surface area contributed by atoms with Crippen molar-refractivity contribution in [3.8, 4) is 0 Å². The average Bonchev–Trinajstić information content (AvgIpc) is 3.14. The van der Waals surface area contributed by atoms with Crippen molar-refractivity contribution in [1.29, 1.82) is 0 Å². The monoisotopic (exact) mass is 324 g/mol. The Bertz CT molecular complexity index is 903. The van der Waals surface area contributed by atoms with Crippen molar-refractivity contribution in [2.24, 2.45) is 7.05 Å². The van der Waals surface area contributed by atoms with Crippen molar-refractivity contribution < 1.29 is 4.79 Å². The normalized spacial score (nSPS) is 14.9. The number of benzene rings is 1. The predicted octanol–water partition coefficient (Wildman–Crippen LogP) is 1.94. The molecule has 0 radical (unpaired) electrons. The summed E-state index contributed by atoms with van der Waals surface area (Å²) in [5.41, 5.74) is 2.74. The van der Waals surface area contributed by atoms with Gasteiger partial charge in [0.15, 0.2) is 5.65 Å². The Morgan fingerprint density at radius 2 is 2.12 bits per heavy atom. The van der Waals surface area contributed by atoms with Crippen LogP contribution in [0.25, 0.3) is 22.1 Å². The quantitative estimate of drug-likeness (QED) is 0.726. The highest BCUT2D eigenvalue weighted by molar-refractivity contribution is 6.04. The fourth-order valence-corrected chi connectivity index (χ4v) is 3.29. The summed E-state index contributed by atoms with van der Waals surface area (Å²) >= 11 is 0. The molecule has 0 spiro atoms. The van der Waals surface area contributed by atoms with Gasteiger partial charge in [-0.1, -0.05) is 18.2 Å². The Morgan fingerprint density at radius 3 is 2.96 bits per heavy atom. The molecule has 1 aliphatic heterocycles. The van der Waals surface area contributed by atoms with Gasteiger partial charge in [-0.25, -0.2) is 0 Å². The molecule has 1 fully saturated rings. The van der Waals surface area contributed by atoms with Gasteiger partial charge < -0.3 is 14.8 Å². The van der Waals surface area contributed by atoms with E-state index in [0.717, 1.165) is 54.5 Å². The molecule has 7 heteroatoms. The summed E-state index contributed by atoms with van der Waals surface area (Å²) in [5, 5.41) is 12.8. The summed E-state index contributed by atoms with van der Waals surface area (Å²) in [5.74, 6) is 0.797. The van der Waals surface area contributed by atoms with Crippen LogP contribution in [0.1, 0.15) is 19.3 Å². The van der Waals surface area contributed by atoms with E-state index in [1.54, 1.807) is 0 Å². The average molecular weight is 324 g/mol. The Labute approximate surface area is 139 Å². The predicted molar refractivity (Wildman–Crippen MR) is 92.7 cm³/mol. The molecule has 2 aromatic heterocycles. The third-order valence-electron chi connectivity index (χ3n) is 4.57. The van der Waals surface area contributed by atoms with E-state index in [4.69, 9.17) is 0 Å². The molecule has 24 heavy (non-hydrogen) atoms. The Morgan fingerprint density at radius 1 is 1.25 bits per heavy atom. The maximum Gasteiger partial charge on any atom is 0.244 e. The molecule has 7 nitrogen and oxygen atoms in total. The van der Waals surface area contributed by atoms with E-state index in [-0.39, 0.29) is 5.91 Å². The minimum absolute atomic E-state index is 0.268. The van der Waals surface area contributed by atoms with Gasteiger partial charge >= 0.3 is 0 Å². The first-order valence-corrected chi connectivity index (χ1v) is 8.33. The molecule has 1 aromatic carbocycles. The zero-order chi connectivity index (χ0) is 16.5. The van der Waals surface area contributed by atoms with Gasteiger partial charge in [0.25, 0.3) is 0 Å². The lowest BCUT2D eigenvalue weighted by atomic mass is 10.2. The molecular weight excluding hydrogens is 304 g/mol. The van der Waals surface area contributed by atoms with Crippen LogP contribution in [0.2, 0.25) is 0 Å². The molecule has 1 aliphatic rings. The Balaban J connectivity index is 1.46. The van der Waals surface area contributed by atoms with Gasteiger partial charge in [-0.3, -0.25) is 4.79 Å². The fraction of sp³-hybridized carbons (Fsp3) is 0.412. The minimum atomic E-state index is 0.268. The molecule has 4 rings (SSSR count). The number of carbonyl (C=O) groups is 1. The number of carbonyl (C=O) groups excluding carboxylic acids is 1. The molecule has 1 N–H and O–H groups in total. The number of anilines is 1.